The number of rotatable bonds is 9. The van der Waals surface area contributed by atoms with E-state index in [0.29, 0.717) is 36.7 Å². The molecule has 2 aliphatic rings. The maximum atomic E-state index is 13.1. The van der Waals surface area contributed by atoms with Crippen LogP contribution in [0.4, 0.5) is 0 Å². The molecule has 0 radical (unpaired) electrons. The van der Waals surface area contributed by atoms with Crippen molar-refractivity contribution in [3.05, 3.63) is 28.4 Å². The van der Waals surface area contributed by atoms with Gasteiger partial charge in [0.05, 0.1) is 18.7 Å². The molecule has 0 bridgehead atoms. The summed E-state index contributed by atoms with van der Waals surface area (Å²) in [6, 6.07) is 5.86. The van der Waals surface area contributed by atoms with E-state index in [1.165, 1.54) is 0 Å². The fraction of sp³-hybridized carbons (Fsp3) is 0.500. The van der Waals surface area contributed by atoms with E-state index >= 15 is 0 Å². The summed E-state index contributed by atoms with van der Waals surface area (Å²) in [5.74, 6) is -0.190. The molecular weight excluding hydrogens is 502 g/mol. The molecule has 1 saturated carbocycles. The van der Waals surface area contributed by atoms with E-state index in [0.717, 1.165) is 34.6 Å². The minimum absolute atomic E-state index is 0.0796. The van der Waals surface area contributed by atoms with Crippen LogP contribution in [0.15, 0.2) is 22.7 Å². The van der Waals surface area contributed by atoms with E-state index in [4.69, 9.17) is 4.74 Å². The number of halogens is 1. The highest BCUT2D eigenvalue weighted by Gasteiger charge is 2.33. The molecule has 4 N–H and O–H groups in total. The van der Waals surface area contributed by atoms with Crippen molar-refractivity contribution in [2.24, 2.45) is 11.8 Å². The van der Waals surface area contributed by atoms with Gasteiger partial charge < -0.3 is 25.7 Å². The van der Waals surface area contributed by atoms with Crippen molar-refractivity contribution in [1.82, 2.24) is 20.9 Å². The normalized spacial score (nSPS) is 19.6. The van der Waals surface area contributed by atoms with Crippen LogP contribution in [-0.2, 0) is 9.59 Å². The predicted octanol–water partition coefficient (Wildman–Crippen LogP) is 2.76. The number of benzene rings is 1. The third-order valence-electron chi connectivity index (χ3n) is 6.45. The van der Waals surface area contributed by atoms with E-state index in [2.05, 4.69) is 42.9 Å². The van der Waals surface area contributed by atoms with Crippen LogP contribution < -0.4 is 20.7 Å². The van der Waals surface area contributed by atoms with Crippen LogP contribution in [0.1, 0.15) is 49.0 Å². The van der Waals surface area contributed by atoms with Crippen molar-refractivity contribution in [2.45, 2.75) is 50.6 Å². The Hall–Kier alpha value is -3.06. The average Bonchev–Trinajstić information content (AvgIpc) is 3.53. The van der Waals surface area contributed by atoms with Gasteiger partial charge in [0.15, 0.2) is 0 Å². The largest absolute Gasteiger partial charge is 0.496 e. The summed E-state index contributed by atoms with van der Waals surface area (Å²) in [6.07, 6.45) is 4.34. The standard InChI is InChI=1S/C24H28BrN5O4/c1-34-20-7-6-17(25)21-16(20)11-19(29-21)24(33)30-18(9-13-4-5-13)23(32)28-15(12-26)10-14-3-2-8-27-22(14)31/h6-7,11,13-15,18,29H,2-5,8-10H2,1H3,(H,27,31)(H,28,32)(H,30,33)/t14-,15-,18-/m0/s1. The van der Waals surface area contributed by atoms with Gasteiger partial charge >= 0.3 is 0 Å². The lowest BCUT2D eigenvalue weighted by Gasteiger charge is -2.25. The van der Waals surface area contributed by atoms with Crippen LogP contribution in [0, 0.1) is 23.2 Å². The third-order valence-corrected chi connectivity index (χ3v) is 7.11. The molecule has 180 valence electrons. The highest BCUT2D eigenvalue weighted by atomic mass is 79.9. The second-order valence-corrected chi connectivity index (χ2v) is 9.84. The number of hydrogen-bond donors (Lipinski definition) is 4. The highest BCUT2D eigenvalue weighted by Crippen LogP contribution is 2.34. The molecule has 1 aliphatic carbocycles. The molecule has 34 heavy (non-hydrogen) atoms. The number of nitriles is 1. The van der Waals surface area contributed by atoms with Crippen LogP contribution in [0.2, 0.25) is 0 Å². The van der Waals surface area contributed by atoms with E-state index in [1.807, 2.05) is 6.07 Å². The molecule has 0 unspecified atom stereocenters. The Morgan fingerprint density at radius 1 is 1.26 bits per heavy atom. The first kappa shape index (κ1) is 24.1. The fourth-order valence-corrected chi connectivity index (χ4v) is 4.82. The monoisotopic (exact) mass is 529 g/mol. The summed E-state index contributed by atoms with van der Waals surface area (Å²) in [7, 11) is 1.56. The number of nitrogens with one attached hydrogen (secondary N) is 4. The number of carbonyl (C=O) groups excluding carboxylic acids is 3. The molecule has 1 aromatic carbocycles. The van der Waals surface area contributed by atoms with Gasteiger partial charge in [-0.25, -0.2) is 0 Å². The molecule has 4 rings (SSSR count). The van der Waals surface area contributed by atoms with Crippen LogP contribution in [0.3, 0.4) is 0 Å². The summed E-state index contributed by atoms with van der Waals surface area (Å²) in [5, 5.41) is 18.7. The fourth-order valence-electron chi connectivity index (χ4n) is 4.38. The lowest BCUT2D eigenvalue weighted by atomic mass is 9.92. The number of hydrogen-bond acceptors (Lipinski definition) is 5. The van der Waals surface area contributed by atoms with E-state index in [1.54, 1.807) is 19.2 Å². The topological polar surface area (TPSA) is 136 Å². The zero-order valence-electron chi connectivity index (χ0n) is 18.9. The van der Waals surface area contributed by atoms with Gasteiger partial charge in [-0.2, -0.15) is 5.26 Å². The highest BCUT2D eigenvalue weighted by molar-refractivity contribution is 9.10. The zero-order valence-corrected chi connectivity index (χ0v) is 20.5. The molecule has 2 fully saturated rings. The number of nitrogens with zero attached hydrogens (tertiary/aromatic N) is 1. The van der Waals surface area contributed by atoms with E-state index in [-0.39, 0.29) is 18.2 Å². The molecule has 1 aromatic heterocycles. The molecule has 9 nitrogen and oxygen atoms in total. The number of piperidine rings is 1. The summed E-state index contributed by atoms with van der Waals surface area (Å²) in [6.45, 7) is 0.643. The van der Waals surface area contributed by atoms with Crippen molar-refractivity contribution in [3.63, 3.8) is 0 Å². The van der Waals surface area contributed by atoms with Gasteiger partial charge in [-0.3, -0.25) is 14.4 Å². The van der Waals surface area contributed by atoms with Gasteiger partial charge in [0.25, 0.3) is 5.91 Å². The van der Waals surface area contributed by atoms with Gasteiger partial charge in [-0.1, -0.05) is 12.8 Å². The number of methoxy groups -OCH3 is 1. The second kappa shape index (κ2) is 10.5. The van der Waals surface area contributed by atoms with Gasteiger partial charge in [0, 0.05) is 22.3 Å². The minimum Gasteiger partial charge on any atom is -0.496 e. The van der Waals surface area contributed by atoms with Crippen molar-refractivity contribution in [2.75, 3.05) is 13.7 Å². The Morgan fingerprint density at radius 3 is 2.74 bits per heavy atom. The first-order chi connectivity index (χ1) is 16.4. The number of H-pyrrole nitrogens is 1. The molecule has 0 spiro atoms. The first-order valence-corrected chi connectivity index (χ1v) is 12.3. The third kappa shape index (κ3) is 5.53. The molecule has 3 atom stereocenters. The number of aromatic nitrogens is 1. The Balaban J connectivity index is 1.46. The zero-order chi connectivity index (χ0) is 24.2. The van der Waals surface area contributed by atoms with Crippen molar-refractivity contribution < 1.29 is 19.1 Å². The Morgan fingerprint density at radius 2 is 2.06 bits per heavy atom. The summed E-state index contributed by atoms with van der Waals surface area (Å²) in [4.78, 5) is 41.3. The molecule has 10 heteroatoms. The van der Waals surface area contributed by atoms with Crippen molar-refractivity contribution in [1.29, 1.82) is 5.26 Å². The quantitative estimate of drug-likeness (QED) is 0.395. The maximum absolute atomic E-state index is 13.1. The number of ether oxygens (including phenoxy) is 1. The number of aromatic amines is 1. The van der Waals surface area contributed by atoms with Crippen molar-refractivity contribution >= 4 is 44.6 Å². The molecule has 1 aliphatic heterocycles. The molecule has 3 amide bonds. The summed E-state index contributed by atoms with van der Waals surface area (Å²) in [5.41, 5.74) is 1.03. The van der Waals surface area contributed by atoms with Crippen molar-refractivity contribution in [3.8, 4) is 11.8 Å². The number of carbonyl (C=O) groups is 3. The summed E-state index contributed by atoms with van der Waals surface area (Å²) >= 11 is 3.48. The van der Waals surface area contributed by atoms with Gasteiger partial charge in [-0.15, -0.1) is 0 Å². The summed E-state index contributed by atoms with van der Waals surface area (Å²) < 4.78 is 6.18. The second-order valence-electron chi connectivity index (χ2n) is 8.98. The molecule has 1 saturated heterocycles. The van der Waals surface area contributed by atoms with E-state index in [9.17, 15) is 19.6 Å². The molecule has 2 heterocycles. The van der Waals surface area contributed by atoms with Gasteiger partial charge in [0.1, 0.15) is 23.5 Å². The lowest BCUT2D eigenvalue weighted by molar-refractivity contribution is -0.128. The molecular formula is C24H28BrN5O4. The van der Waals surface area contributed by atoms with Gasteiger partial charge in [0.2, 0.25) is 11.8 Å². The van der Waals surface area contributed by atoms with Crippen LogP contribution in [0.5, 0.6) is 5.75 Å². The molecule has 2 aromatic rings. The van der Waals surface area contributed by atoms with Gasteiger partial charge in [-0.05, 0) is 65.7 Å². The number of amides is 3. The Kier molecular flexibility index (Phi) is 7.41. The van der Waals surface area contributed by atoms with Crippen LogP contribution in [-0.4, -0.2) is 48.4 Å². The Labute approximate surface area is 206 Å². The van der Waals surface area contributed by atoms with Crippen LogP contribution in [0.25, 0.3) is 10.9 Å². The Bertz CT molecular complexity index is 1140. The van der Waals surface area contributed by atoms with Crippen LogP contribution >= 0.6 is 15.9 Å². The lowest BCUT2D eigenvalue weighted by Crippen LogP contribution is -2.50. The maximum Gasteiger partial charge on any atom is 0.268 e. The minimum atomic E-state index is -0.798. The SMILES string of the molecule is COc1ccc(Br)c2[nH]c(C(=O)N[C@@H](CC3CC3)C(=O)N[C@H](C#N)C[C@@H]3CCCNC3=O)cc12. The number of fused-ring (bicyclic) bond motifs is 1. The van der Waals surface area contributed by atoms with E-state index < -0.39 is 23.9 Å². The first-order valence-electron chi connectivity index (χ1n) is 11.5. The smallest absolute Gasteiger partial charge is 0.268 e. The average molecular weight is 530 g/mol. The predicted molar refractivity (Wildman–Crippen MR) is 129 cm³/mol.